The number of halogens is 4. The molecule has 0 aliphatic carbocycles. The molecule has 0 spiro atoms. The summed E-state index contributed by atoms with van der Waals surface area (Å²) in [5, 5.41) is 12.2. The maximum absolute atomic E-state index is 13.0. The first-order chi connectivity index (χ1) is 21.1. The van der Waals surface area contributed by atoms with Crippen molar-refractivity contribution in [3.05, 3.63) is 175 Å². The molecule has 5 nitrogen and oxygen atoms in total. The standard InChI is InChI=1S/C21H15Cl2NO2.C14H8Cl2O2/c22-16-9-5-14(6-10-16)13-24-20(25)18-3-1-2-4-19(18)21(24,26)15-7-11-17(23)12-8-15;15-10-7-5-9(6-8-10)14(16)12-4-2-1-3-11(12)13(17)18-14/h1-12,26H,13H2;1-8H. The minimum absolute atomic E-state index is 0.215. The van der Waals surface area contributed by atoms with Gasteiger partial charge in [0.25, 0.3) is 5.91 Å². The van der Waals surface area contributed by atoms with Gasteiger partial charge < -0.3 is 9.84 Å². The Morgan fingerprint density at radius 2 is 1.09 bits per heavy atom. The zero-order valence-electron chi connectivity index (χ0n) is 22.9. The van der Waals surface area contributed by atoms with Crippen molar-refractivity contribution in [2.24, 2.45) is 0 Å². The smallest absolute Gasteiger partial charge is 0.340 e. The summed E-state index contributed by atoms with van der Waals surface area (Å²) >= 11 is 24.3. The number of carbonyl (C=O) groups is 2. The molecule has 2 aliphatic heterocycles. The van der Waals surface area contributed by atoms with Gasteiger partial charge in [0, 0.05) is 49.4 Å². The van der Waals surface area contributed by atoms with Gasteiger partial charge in [0.05, 0.1) is 5.56 Å². The monoisotopic (exact) mass is 661 g/mol. The first-order valence-electron chi connectivity index (χ1n) is 13.5. The summed E-state index contributed by atoms with van der Waals surface area (Å²) in [5.74, 6) is -0.622. The van der Waals surface area contributed by atoms with Crippen molar-refractivity contribution in [1.82, 2.24) is 4.90 Å². The molecule has 2 unspecified atom stereocenters. The third-order valence-electron chi connectivity index (χ3n) is 7.61. The number of esters is 1. The number of cyclic esters (lactones) is 1. The summed E-state index contributed by atoms with van der Waals surface area (Å²) in [6, 6.07) is 35.3. The van der Waals surface area contributed by atoms with Gasteiger partial charge in [0.1, 0.15) is 0 Å². The highest BCUT2D eigenvalue weighted by atomic mass is 35.5. The van der Waals surface area contributed by atoms with Crippen molar-refractivity contribution in [1.29, 1.82) is 0 Å². The van der Waals surface area contributed by atoms with Crippen LogP contribution in [0.4, 0.5) is 0 Å². The number of benzene rings is 5. The fourth-order valence-electron chi connectivity index (χ4n) is 5.42. The van der Waals surface area contributed by atoms with Gasteiger partial charge in [0.2, 0.25) is 5.06 Å². The highest BCUT2D eigenvalue weighted by Crippen LogP contribution is 2.45. The lowest BCUT2D eigenvalue weighted by molar-refractivity contribution is -0.0542. The van der Waals surface area contributed by atoms with Gasteiger partial charge in [-0.3, -0.25) is 9.69 Å². The molecule has 5 aromatic rings. The molecule has 44 heavy (non-hydrogen) atoms. The summed E-state index contributed by atoms with van der Waals surface area (Å²) in [5.41, 5.74) is 2.84. The summed E-state index contributed by atoms with van der Waals surface area (Å²) in [4.78, 5) is 26.3. The first kappa shape index (κ1) is 30.2. The van der Waals surface area contributed by atoms with Crippen LogP contribution < -0.4 is 0 Å². The summed E-state index contributed by atoms with van der Waals surface area (Å²) in [6.07, 6.45) is 0. The molecule has 1 amide bonds. The highest BCUT2D eigenvalue weighted by molar-refractivity contribution is 6.31. The first-order valence-corrected chi connectivity index (χ1v) is 15.0. The Balaban J connectivity index is 0.000000167. The second kappa shape index (κ2) is 11.9. The molecule has 0 radical (unpaired) electrons. The summed E-state index contributed by atoms with van der Waals surface area (Å²) in [7, 11) is 0. The number of hydrogen-bond donors (Lipinski definition) is 1. The molecule has 2 heterocycles. The van der Waals surface area contributed by atoms with Gasteiger partial charge in [-0.2, -0.15) is 0 Å². The van der Waals surface area contributed by atoms with Crippen LogP contribution in [0.1, 0.15) is 48.5 Å². The maximum Gasteiger partial charge on any atom is 0.340 e. The molecule has 9 heteroatoms. The summed E-state index contributed by atoms with van der Waals surface area (Å²) in [6.45, 7) is 0.254. The van der Waals surface area contributed by atoms with Crippen LogP contribution in [0.3, 0.4) is 0 Å². The number of hydrogen-bond acceptors (Lipinski definition) is 4. The maximum atomic E-state index is 13.0. The molecular formula is C35H23Cl4NO4. The topological polar surface area (TPSA) is 66.8 Å². The van der Waals surface area contributed by atoms with Crippen LogP contribution in [0.2, 0.25) is 15.1 Å². The zero-order chi connectivity index (χ0) is 31.1. The molecule has 220 valence electrons. The lowest BCUT2D eigenvalue weighted by atomic mass is 9.93. The Kier molecular flexibility index (Phi) is 8.18. The molecule has 5 aromatic carbocycles. The minimum atomic E-state index is -1.56. The van der Waals surface area contributed by atoms with Crippen LogP contribution in [-0.4, -0.2) is 21.9 Å². The third kappa shape index (κ3) is 5.36. The predicted octanol–water partition coefficient (Wildman–Crippen LogP) is 8.79. The molecule has 0 fully saturated rings. The fraction of sp³-hybridized carbons (Fsp3) is 0.0857. The number of alkyl halides is 1. The van der Waals surface area contributed by atoms with E-state index in [-0.39, 0.29) is 12.5 Å². The SMILES string of the molecule is O=C1OC(Cl)(c2ccc(Cl)cc2)c2ccccc21.O=C1c2ccccc2C(O)(c2ccc(Cl)cc2)N1Cc1ccc(Cl)cc1. The van der Waals surface area contributed by atoms with Gasteiger partial charge in [-0.05, 0) is 54.1 Å². The third-order valence-corrected chi connectivity index (χ3v) is 8.87. The van der Waals surface area contributed by atoms with E-state index < -0.39 is 16.8 Å². The van der Waals surface area contributed by atoms with E-state index in [1.807, 2.05) is 24.3 Å². The normalized spacial score (nSPS) is 20.0. The average Bonchev–Trinajstić information content (AvgIpc) is 3.43. The van der Waals surface area contributed by atoms with Crippen LogP contribution in [0.15, 0.2) is 121 Å². The van der Waals surface area contributed by atoms with Crippen molar-refractivity contribution in [2.45, 2.75) is 17.3 Å². The van der Waals surface area contributed by atoms with Crippen molar-refractivity contribution >= 4 is 58.3 Å². The second-order valence-corrected chi connectivity index (χ2v) is 12.1. The molecule has 7 rings (SSSR count). The van der Waals surface area contributed by atoms with Crippen LogP contribution >= 0.6 is 46.4 Å². The van der Waals surface area contributed by atoms with Crippen molar-refractivity contribution < 1.29 is 19.4 Å². The van der Waals surface area contributed by atoms with Crippen molar-refractivity contribution in [3.8, 4) is 0 Å². The second-order valence-electron chi connectivity index (χ2n) is 10.3. The lowest BCUT2D eigenvalue weighted by Crippen LogP contribution is -2.44. The number of nitrogens with zero attached hydrogens (tertiary/aromatic N) is 1. The van der Waals surface area contributed by atoms with Crippen LogP contribution in [0.5, 0.6) is 0 Å². The van der Waals surface area contributed by atoms with Crippen molar-refractivity contribution in [3.63, 3.8) is 0 Å². The van der Waals surface area contributed by atoms with Gasteiger partial charge in [0.15, 0.2) is 5.72 Å². The van der Waals surface area contributed by atoms with E-state index >= 15 is 0 Å². The van der Waals surface area contributed by atoms with Crippen LogP contribution in [-0.2, 0) is 22.1 Å². The van der Waals surface area contributed by atoms with Gasteiger partial charge >= 0.3 is 5.97 Å². The minimum Gasteiger partial charge on any atom is -0.431 e. The van der Waals surface area contributed by atoms with Crippen LogP contribution in [0.25, 0.3) is 0 Å². The highest BCUT2D eigenvalue weighted by Gasteiger charge is 2.49. The fourth-order valence-corrected chi connectivity index (χ4v) is 6.16. The molecule has 0 saturated heterocycles. The zero-order valence-corrected chi connectivity index (χ0v) is 25.9. The number of ether oxygens (including phenoxy) is 1. The Morgan fingerprint density at radius 1 is 0.614 bits per heavy atom. The van der Waals surface area contributed by atoms with Crippen LogP contribution in [0, 0.1) is 0 Å². The molecule has 0 aromatic heterocycles. The largest absolute Gasteiger partial charge is 0.431 e. The Hall–Kier alpha value is -3.84. The van der Waals surface area contributed by atoms with E-state index in [0.29, 0.717) is 48.4 Å². The summed E-state index contributed by atoms with van der Waals surface area (Å²) < 4.78 is 5.33. The van der Waals surface area contributed by atoms with E-state index in [0.717, 1.165) is 5.56 Å². The van der Waals surface area contributed by atoms with E-state index in [2.05, 4.69) is 0 Å². The number of carbonyl (C=O) groups excluding carboxylic acids is 2. The molecule has 2 aliphatic rings. The number of rotatable bonds is 4. The number of fused-ring (bicyclic) bond motifs is 2. The van der Waals surface area contributed by atoms with Gasteiger partial charge in [-0.25, -0.2) is 4.79 Å². The van der Waals surface area contributed by atoms with E-state index in [1.54, 1.807) is 97.1 Å². The Bertz CT molecular complexity index is 1860. The van der Waals surface area contributed by atoms with Gasteiger partial charge in [-0.1, -0.05) is 119 Å². The lowest BCUT2D eigenvalue weighted by Gasteiger charge is -2.35. The molecule has 2 atom stereocenters. The van der Waals surface area contributed by atoms with Gasteiger partial charge in [-0.15, -0.1) is 0 Å². The van der Waals surface area contributed by atoms with Crippen molar-refractivity contribution in [2.75, 3.05) is 0 Å². The Morgan fingerprint density at radius 3 is 1.68 bits per heavy atom. The molecular weight excluding hydrogens is 640 g/mol. The molecule has 0 saturated carbocycles. The Labute approximate surface area is 274 Å². The number of amides is 1. The average molecular weight is 663 g/mol. The number of aliphatic hydroxyl groups is 1. The van der Waals surface area contributed by atoms with E-state index in [4.69, 9.17) is 51.1 Å². The quantitative estimate of drug-likeness (QED) is 0.154. The van der Waals surface area contributed by atoms with E-state index in [1.165, 1.54) is 4.90 Å². The predicted molar refractivity (Wildman–Crippen MR) is 172 cm³/mol. The van der Waals surface area contributed by atoms with E-state index in [9.17, 15) is 14.7 Å². The molecule has 1 N–H and O–H groups in total. The molecule has 0 bridgehead atoms.